The molecule has 0 saturated carbocycles. The number of likely N-dealkylation sites (N-methyl/N-ethyl adjacent to an activating group) is 1. The molecule has 0 spiro atoms. The van der Waals surface area contributed by atoms with Crippen molar-refractivity contribution in [3.05, 3.63) is 77.0 Å². The fourth-order valence-electron chi connectivity index (χ4n) is 3.97. The van der Waals surface area contributed by atoms with E-state index in [0.29, 0.717) is 34.9 Å². The molecule has 1 atom stereocenters. The highest BCUT2D eigenvalue weighted by Gasteiger charge is 2.45. The van der Waals surface area contributed by atoms with Crippen LogP contribution >= 0.6 is 0 Å². The van der Waals surface area contributed by atoms with Crippen LogP contribution in [0.4, 0.5) is 15.0 Å². The number of amides is 2. The number of ether oxygens (including phenoxy) is 1. The Hall–Kier alpha value is -3.79. The van der Waals surface area contributed by atoms with Gasteiger partial charge in [0.05, 0.1) is 23.5 Å². The van der Waals surface area contributed by atoms with Crippen molar-refractivity contribution in [3.8, 4) is 0 Å². The molecule has 3 aromatic rings. The zero-order valence-electron chi connectivity index (χ0n) is 19.5. The normalized spacial score (nSPS) is 15.2. The van der Waals surface area contributed by atoms with Crippen molar-refractivity contribution < 1.29 is 18.7 Å². The van der Waals surface area contributed by atoms with E-state index >= 15 is 0 Å². The molecule has 4 rings (SSSR count). The maximum absolute atomic E-state index is 13.3. The van der Waals surface area contributed by atoms with Crippen molar-refractivity contribution in [1.29, 1.82) is 0 Å². The molecule has 0 aliphatic carbocycles. The SMILES string of the molecule is CN(C)C[C@@H](OC(=O)N1Cc2c(NC(=O)c3ccc(F)cc3)n[nH]c2C1(C)C)c1ccccn1. The Morgan fingerprint density at radius 3 is 2.62 bits per heavy atom. The zero-order chi connectivity index (χ0) is 24.5. The number of H-pyrrole nitrogens is 1. The number of hydrogen-bond acceptors (Lipinski definition) is 6. The lowest BCUT2D eigenvalue weighted by molar-refractivity contribution is 0.0244. The maximum atomic E-state index is 13.3. The predicted molar refractivity (Wildman–Crippen MR) is 124 cm³/mol. The van der Waals surface area contributed by atoms with Crippen molar-refractivity contribution in [2.45, 2.75) is 32.0 Å². The summed E-state index contributed by atoms with van der Waals surface area (Å²) in [6.07, 6.45) is 0.621. The van der Waals surface area contributed by atoms with E-state index in [9.17, 15) is 14.0 Å². The fourth-order valence-corrected chi connectivity index (χ4v) is 3.97. The number of nitrogens with one attached hydrogen (secondary N) is 2. The molecular formula is C24H27FN6O3. The number of rotatable bonds is 6. The van der Waals surface area contributed by atoms with Gasteiger partial charge < -0.3 is 15.0 Å². The second kappa shape index (κ2) is 9.22. The lowest BCUT2D eigenvalue weighted by atomic mass is 10.0. The molecule has 0 radical (unpaired) electrons. The summed E-state index contributed by atoms with van der Waals surface area (Å²) in [6.45, 7) is 4.44. The first kappa shape index (κ1) is 23.4. The van der Waals surface area contributed by atoms with E-state index in [0.717, 1.165) is 0 Å². The number of nitrogens with zero attached hydrogens (tertiary/aromatic N) is 4. The van der Waals surface area contributed by atoms with Gasteiger partial charge in [0, 0.05) is 23.9 Å². The quantitative estimate of drug-likeness (QED) is 0.574. The van der Waals surface area contributed by atoms with Gasteiger partial charge in [0.2, 0.25) is 0 Å². The van der Waals surface area contributed by atoms with Crippen molar-refractivity contribution >= 4 is 17.8 Å². The van der Waals surface area contributed by atoms with Gasteiger partial charge in [-0.3, -0.25) is 19.8 Å². The molecule has 0 bridgehead atoms. The molecule has 1 aliphatic heterocycles. The smallest absolute Gasteiger partial charge is 0.411 e. The van der Waals surface area contributed by atoms with Crippen LogP contribution in [0.3, 0.4) is 0 Å². The Balaban J connectivity index is 1.52. The van der Waals surface area contributed by atoms with Gasteiger partial charge in [-0.2, -0.15) is 5.10 Å². The van der Waals surface area contributed by atoms with Gasteiger partial charge in [-0.15, -0.1) is 0 Å². The van der Waals surface area contributed by atoms with Gasteiger partial charge >= 0.3 is 6.09 Å². The minimum atomic E-state index is -0.745. The highest BCUT2D eigenvalue weighted by Crippen LogP contribution is 2.41. The van der Waals surface area contributed by atoms with Crippen LogP contribution in [0.2, 0.25) is 0 Å². The molecule has 2 amide bonds. The van der Waals surface area contributed by atoms with Gasteiger partial charge in [0.25, 0.3) is 5.91 Å². The minimum absolute atomic E-state index is 0.202. The molecule has 2 aromatic heterocycles. The van der Waals surface area contributed by atoms with E-state index in [1.165, 1.54) is 24.3 Å². The molecule has 178 valence electrons. The Kier molecular flexibility index (Phi) is 6.34. The summed E-state index contributed by atoms with van der Waals surface area (Å²) in [5.41, 5.74) is 1.62. The molecule has 3 heterocycles. The molecule has 0 unspecified atom stereocenters. The third-order valence-electron chi connectivity index (χ3n) is 5.82. The first-order valence-corrected chi connectivity index (χ1v) is 10.9. The van der Waals surface area contributed by atoms with Crippen LogP contribution in [-0.4, -0.2) is 57.6 Å². The van der Waals surface area contributed by atoms with E-state index in [2.05, 4.69) is 20.5 Å². The molecule has 34 heavy (non-hydrogen) atoms. The van der Waals surface area contributed by atoms with Crippen LogP contribution in [0.15, 0.2) is 48.7 Å². The van der Waals surface area contributed by atoms with Crippen molar-refractivity contribution in [3.63, 3.8) is 0 Å². The monoisotopic (exact) mass is 466 g/mol. The number of carbonyl (C=O) groups excluding carboxylic acids is 2. The summed E-state index contributed by atoms with van der Waals surface area (Å²) in [4.78, 5) is 33.7. The first-order valence-electron chi connectivity index (χ1n) is 10.9. The van der Waals surface area contributed by atoms with Crippen LogP contribution in [0.1, 0.15) is 47.3 Å². The summed E-state index contributed by atoms with van der Waals surface area (Å²) >= 11 is 0. The topological polar surface area (TPSA) is 103 Å². The highest BCUT2D eigenvalue weighted by atomic mass is 19.1. The summed E-state index contributed by atoms with van der Waals surface area (Å²) in [5, 5.41) is 9.93. The molecule has 10 heteroatoms. The number of fused-ring (bicyclic) bond motifs is 1. The van der Waals surface area contributed by atoms with E-state index in [-0.39, 0.29) is 6.54 Å². The summed E-state index contributed by atoms with van der Waals surface area (Å²) < 4.78 is 19.1. The number of halogens is 1. The largest absolute Gasteiger partial charge is 0.438 e. The van der Waals surface area contributed by atoms with Crippen molar-refractivity contribution in [2.24, 2.45) is 0 Å². The van der Waals surface area contributed by atoms with Gasteiger partial charge in [-0.25, -0.2) is 9.18 Å². The van der Waals surface area contributed by atoms with Crippen molar-refractivity contribution in [2.75, 3.05) is 26.0 Å². The van der Waals surface area contributed by atoms with Gasteiger partial charge in [0.1, 0.15) is 5.82 Å². The van der Waals surface area contributed by atoms with Gasteiger partial charge in [0.15, 0.2) is 11.9 Å². The second-order valence-electron chi connectivity index (χ2n) is 8.92. The standard InChI is InChI=1S/C24H27FN6O3/c1-24(2)20-17(21(29-28-20)27-22(32)15-8-10-16(25)11-9-15)13-31(24)23(33)34-19(14-30(3)4)18-7-5-6-12-26-18/h5-12,19H,13-14H2,1-4H3,(H2,27,28,29,32)/t19-/m1/s1. The lowest BCUT2D eigenvalue weighted by Crippen LogP contribution is -2.42. The maximum Gasteiger partial charge on any atom is 0.411 e. The molecule has 1 aliphatic rings. The number of aromatic nitrogens is 3. The van der Waals surface area contributed by atoms with Gasteiger partial charge in [-0.1, -0.05) is 6.07 Å². The highest BCUT2D eigenvalue weighted by molar-refractivity contribution is 6.04. The Morgan fingerprint density at radius 2 is 1.97 bits per heavy atom. The molecule has 1 aromatic carbocycles. The molecule has 2 N–H and O–H groups in total. The number of benzene rings is 1. The molecular weight excluding hydrogens is 439 g/mol. The Bertz CT molecular complexity index is 1180. The summed E-state index contributed by atoms with van der Waals surface area (Å²) in [5.74, 6) is -0.525. The predicted octanol–water partition coefficient (Wildman–Crippen LogP) is 3.69. The van der Waals surface area contributed by atoms with Crippen LogP contribution in [-0.2, 0) is 16.8 Å². The molecule has 9 nitrogen and oxygen atoms in total. The fraction of sp³-hybridized carbons (Fsp3) is 0.333. The summed E-state index contributed by atoms with van der Waals surface area (Å²) in [7, 11) is 3.80. The van der Waals surface area contributed by atoms with E-state index < -0.39 is 29.5 Å². The van der Waals surface area contributed by atoms with Crippen LogP contribution < -0.4 is 5.32 Å². The average molecular weight is 467 g/mol. The Labute approximate surface area is 196 Å². The van der Waals surface area contributed by atoms with Crippen LogP contribution in [0.5, 0.6) is 0 Å². The van der Waals surface area contributed by atoms with E-state index in [4.69, 9.17) is 4.74 Å². The Morgan fingerprint density at radius 1 is 1.24 bits per heavy atom. The summed E-state index contributed by atoms with van der Waals surface area (Å²) in [6, 6.07) is 10.7. The third-order valence-corrected chi connectivity index (χ3v) is 5.82. The van der Waals surface area contributed by atoms with E-state index in [1.807, 2.05) is 51.0 Å². The number of carbonyl (C=O) groups is 2. The molecule has 0 saturated heterocycles. The van der Waals surface area contributed by atoms with Crippen LogP contribution in [0, 0.1) is 5.82 Å². The second-order valence-corrected chi connectivity index (χ2v) is 8.92. The van der Waals surface area contributed by atoms with Gasteiger partial charge in [-0.05, 0) is 64.3 Å². The lowest BCUT2D eigenvalue weighted by Gasteiger charge is -2.32. The number of aromatic amines is 1. The van der Waals surface area contributed by atoms with Crippen LogP contribution in [0.25, 0.3) is 0 Å². The van der Waals surface area contributed by atoms with Crippen molar-refractivity contribution in [1.82, 2.24) is 25.0 Å². The first-order chi connectivity index (χ1) is 16.2. The number of hydrogen-bond donors (Lipinski definition) is 2. The molecule has 0 fully saturated rings. The minimum Gasteiger partial charge on any atom is -0.438 e. The van der Waals surface area contributed by atoms with E-state index in [1.54, 1.807) is 11.1 Å². The average Bonchev–Trinajstić information content (AvgIpc) is 3.32. The number of anilines is 1. The third kappa shape index (κ3) is 4.62. The number of pyridine rings is 1. The zero-order valence-corrected chi connectivity index (χ0v) is 19.5.